The normalized spacial score (nSPS) is 12.3. The fourth-order valence-corrected chi connectivity index (χ4v) is 1.85. The molecule has 0 radical (unpaired) electrons. The molecule has 1 atom stereocenters. The van der Waals surface area contributed by atoms with Crippen molar-refractivity contribution in [3.05, 3.63) is 29.8 Å². The van der Waals surface area contributed by atoms with Gasteiger partial charge in [0.15, 0.2) is 0 Å². The largest absolute Gasteiger partial charge is 0.334 e. The van der Waals surface area contributed by atoms with Gasteiger partial charge in [0.1, 0.15) is 0 Å². The van der Waals surface area contributed by atoms with Crippen LogP contribution in [0.3, 0.4) is 0 Å². The molecule has 0 saturated carbocycles. The molecule has 1 rings (SSSR count). The van der Waals surface area contributed by atoms with Crippen LogP contribution in [0, 0.1) is 0 Å². The summed E-state index contributed by atoms with van der Waals surface area (Å²) in [4.78, 5) is 11.7. The van der Waals surface area contributed by atoms with Gasteiger partial charge < -0.3 is 10.6 Å². The number of nitrogens with one attached hydrogen (secondary N) is 2. The van der Waals surface area contributed by atoms with Gasteiger partial charge in [-0.05, 0) is 30.0 Å². The first-order valence-corrected chi connectivity index (χ1v) is 6.83. The van der Waals surface area contributed by atoms with Crippen LogP contribution in [0.15, 0.2) is 24.3 Å². The number of anilines is 1. The monoisotopic (exact) mass is 268 g/mol. The molecule has 0 aromatic heterocycles. The number of amides is 2. The highest BCUT2D eigenvalue weighted by Gasteiger charge is 2.09. The van der Waals surface area contributed by atoms with E-state index in [4.69, 9.17) is 11.6 Å². The Hall–Kier alpha value is -1.22. The molecule has 100 valence electrons. The molecule has 0 unspecified atom stereocenters. The first-order valence-electron chi connectivity index (χ1n) is 6.30. The lowest BCUT2D eigenvalue weighted by atomic mass is 10.0. The van der Waals surface area contributed by atoms with Gasteiger partial charge >= 0.3 is 6.03 Å². The number of hydrogen-bond donors (Lipinski definition) is 2. The van der Waals surface area contributed by atoms with Gasteiger partial charge in [-0.3, -0.25) is 0 Å². The smallest absolute Gasteiger partial charge is 0.319 e. The summed E-state index contributed by atoms with van der Waals surface area (Å²) >= 11 is 5.73. The first-order chi connectivity index (χ1) is 8.56. The summed E-state index contributed by atoms with van der Waals surface area (Å²) in [7, 11) is 0. The van der Waals surface area contributed by atoms with Gasteiger partial charge in [0.05, 0.1) is 0 Å². The fourth-order valence-electron chi connectivity index (χ4n) is 1.55. The molecule has 0 aliphatic carbocycles. The molecule has 1 aromatic carbocycles. The van der Waals surface area contributed by atoms with Crippen molar-refractivity contribution in [2.24, 2.45) is 0 Å². The molecule has 2 amide bonds. The summed E-state index contributed by atoms with van der Waals surface area (Å²) in [6.07, 6.45) is 0.823. The van der Waals surface area contributed by atoms with E-state index in [1.807, 2.05) is 31.2 Å². The Labute approximate surface area is 114 Å². The lowest BCUT2D eigenvalue weighted by Crippen LogP contribution is -2.38. The van der Waals surface area contributed by atoms with E-state index < -0.39 is 0 Å². The molecule has 3 nitrogen and oxygen atoms in total. The Morgan fingerprint density at radius 2 is 1.89 bits per heavy atom. The van der Waals surface area contributed by atoms with Gasteiger partial charge in [-0.1, -0.05) is 32.9 Å². The predicted octanol–water partition coefficient (Wildman–Crippen LogP) is 3.95. The number of alkyl halides is 1. The van der Waals surface area contributed by atoms with E-state index in [9.17, 15) is 4.79 Å². The van der Waals surface area contributed by atoms with Crippen molar-refractivity contribution in [3.63, 3.8) is 0 Å². The highest BCUT2D eigenvalue weighted by molar-refractivity contribution is 6.18. The third kappa shape index (κ3) is 4.57. The lowest BCUT2D eigenvalue weighted by molar-refractivity contribution is 0.249. The Bertz CT molecular complexity index is 372. The predicted molar refractivity (Wildman–Crippen MR) is 77.5 cm³/mol. The number of carbonyl (C=O) groups excluding carboxylic acids is 1. The number of urea groups is 1. The summed E-state index contributed by atoms with van der Waals surface area (Å²) in [5, 5.41) is 5.62. The Morgan fingerprint density at radius 3 is 2.33 bits per heavy atom. The average molecular weight is 269 g/mol. The summed E-state index contributed by atoms with van der Waals surface area (Å²) in [5.41, 5.74) is 2.05. The molecule has 0 saturated heterocycles. The lowest BCUT2D eigenvalue weighted by Gasteiger charge is -2.15. The summed E-state index contributed by atoms with van der Waals surface area (Å²) in [5.74, 6) is 0.921. The summed E-state index contributed by atoms with van der Waals surface area (Å²) in [6.45, 7) is 6.27. The minimum Gasteiger partial charge on any atom is -0.334 e. The van der Waals surface area contributed by atoms with Crippen molar-refractivity contribution in [3.8, 4) is 0 Å². The molecule has 0 bridgehead atoms. The average Bonchev–Trinajstić information content (AvgIpc) is 2.36. The first kappa shape index (κ1) is 14.8. The van der Waals surface area contributed by atoms with Gasteiger partial charge in [0.25, 0.3) is 0 Å². The maximum absolute atomic E-state index is 11.7. The van der Waals surface area contributed by atoms with Gasteiger partial charge in [0, 0.05) is 17.6 Å². The summed E-state index contributed by atoms with van der Waals surface area (Å²) < 4.78 is 0. The Kier molecular flexibility index (Phi) is 5.99. The van der Waals surface area contributed by atoms with Crippen LogP contribution in [0.25, 0.3) is 0 Å². The van der Waals surface area contributed by atoms with E-state index >= 15 is 0 Å². The van der Waals surface area contributed by atoms with Crippen LogP contribution >= 0.6 is 11.6 Å². The van der Waals surface area contributed by atoms with Gasteiger partial charge in [0.2, 0.25) is 0 Å². The molecule has 2 N–H and O–H groups in total. The topological polar surface area (TPSA) is 41.1 Å². The minimum atomic E-state index is -0.209. The van der Waals surface area contributed by atoms with E-state index in [0.29, 0.717) is 11.8 Å². The van der Waals surface area contributed by atoms with E-state index in [1.54, 1.807) is 0 Å². The van der Waals surface area contributed by atoms with Crippen molar-refractivity contribution >= 4 is 23.3 Å². The van der Waals surface area contributed by atoms with Crippen molar-refractivity contribution < 1.29 is 4.79 Å². The molecule has 0 spiro atoms. The van der Waals surface area contributed by atoms with Crippen LogP contribution < -0.4 is 10.6 Å². The molecule has 1 aromatic rings. The number of hydrogen-bond acceptors (Lipinski definition) is 1. The number of benzene rings is 1. The van der Waals surface area contributed by atoms with Crippen molar-refractivity contribution in [1.82, 2.24) is 5.32 Å². The molecule has 0 fully saturated rings. The third-order valence-corrected chi connectivity index (χ3v) is 3.22. The fraction of sp³-hybridized carbons (Fsp3) is 0.500. The highest BCUT2D eigenvalue weighted by Crippen LogP contribution is 2.17. The maximum atomic E-state index is 11.7. The SMILES string of the molecule is CC[C@@H](CCl)NC(=O)Nc1ccc(C(C)C)cc1. The standard InChI is InChI=1S/C14H21ClN2O/c1-4-12(9-15)16-14(18)17-13-7-5-11(6-8-13)10(2)3/h5-8,10,12H,4,9H2,1-3H3,(H2,16,17,18)/t12-/m0/s1. The van der Waals surface area contributed by atoms with Crippen LogP contribution in [0.2, 0.25) is 0 Å². The minimum absolute atomic E-state index is 0.0154. The third-order valence-electron chi connectivity index (χ3n) is 2.85. The van der Waals surface area contributed by atoms with Crippen molar-refractivity contribution in [1.29, 1.82) is 0 Å². The van der Waals surface area contributed by atoms with Crippen LogP contribution in [0.4, 0.5) is 10.5 Å². The second-order valence-corrected chi connectivity index (χ2v) is 4.94. The van der Waals surface area contributed by atoms with Crippen LogP contribution in [0.1, 0.15) is 38.7 Å². The highest BCUT2D eigenvalue weighted by atomic mass is 35.5. The zero-order valence-corrected chi connectivity index (χ0v) is 11.9. The molecule has 18 heavy (non-hydrogen) atoms. The molecule has 4 heteroatoms. The molecular weight excluding hydrogens is 248 g/mol. The van der Waals surface area contributed by atoms with E-state index in [-0.39, 0.29) is 12.1 Å². The van der Waals surface area contributed by atoms with E-state index in [0.717, 1.165) is 12.1 Å². The van der Waals surface area contributed by atoms with Crippen molar-refractivity contribution in [2.75, 3.05) is 11.2 Å². The van der Waals surface area contributed by atoms with Crippen molar-refractivity contribution in [2.45, 2.75) is 39.2 Å². The maximum Gasteiger partial charge on any atom is 0.319 e. The van der Waals surface area contributed by atoms with Crippen LogP contribution in [-0.4, -0.2) is 18.0 Å². The Morgan fingerprint density at radius 1 is 1.28 bits per heavy atom. The van der Waals surface area contributed by atoms with Gasteiger partial charge in [-0.2, -0.15) is 0 Å². The van der Waals surface area contributed by atoms with E-state index in [1.165, 1.54) is 5.56 Å². The number of carbonyl (C=O) groups is 1. The number of rotatable bonds is 5. The Balaban J connectivity index is 2.54. The molecule has 0 heterocycles. The quantitative estimate of drug-likeness (QED) is 0.780. The van der Waals surface area contributed by atoms with Crippen LogP contribution in [-0.2, 0) is 0 Å². The number of halogens is 1. The molecule has 0 aliphatic heterocycles. The van der Waals surface area contributed by atoms with Gasteiger partial charge in [-0.15, -0.1) is 11.6 Å². The summed E-state index contributed by atoms with van der Waals surface area (Å²) in [6, 6.07) is 7.69. The molecular formula is C14H21ClN2O. The zero-order valence-electron chi connectivity index (χ0n) is 11.2. The second-order valence-electron chi connectivity index (χ2n) is 4.63. The second kappa shape index (κ2) is 7.27. The van der Waals surface area contributed by atoms with Gasteiger partial charge in [-0.25, -0.2) is 4.79 Å². The molecule has 0 aliphatic rings. The zero-order chi connectivity index (χ0) is 13.5. The van der Waals surface area contributed by atoms with E-state index in [2.05, 4.69) is 24.5 Å². The van der Waals surface area contributed by atoms with Crippen LogP contribution in [0.5, 0.6) is 0 Å².